The van der Waals surface area contributed by atoms with Crippen molar-refractivity contribution in [2.45, 2.75) is 52.7 Å². The van der Waals surface area contributed by atoms with Crippen molar-refractivity contribution in [1.82, 2.24) is 9.55 Å². The van der Waals surface area contributed by atoms with Gasteiger partial charge in [-0.1, -0.05) is 12.1 Å². The van der Waals surface area contributed by atoms with Gasteiger partial charge >= 0.3 is 7.12 Å². The molecule has 0 amide bonds. The van der Waals surface area contributed by atoms with E-state index < -0.39 is 18.3 Å². The number of nitrogens with zero attached hydrogens (tertiary/aromatic N) is 2. The van der Waals surface area contributed by atoms with Crippen LogP contribution in [0.2, 0.25) is 0 Å². The van der Waals surface area contributed by atoms with E-state index in [1.165, 1.54) is 6.07 Å². The molecule has 122 valence electrons. The molecular weight excluding hydrogens is 294 g/mol. The van der Waals surface area contributed by atoms with E-state index in [2.05, 4.69) is 4.98 Å². The maximum Gasteiger partial charge on any atom is 0.497 e. The molecule has 0 aliphatic carbocycles. The third-order valence-corrected chi connectivity index (χ3v) is 4.77. The molecule has 1 aliphatic rings. The predicted octanol–water partition coefficient (Wildman–Crippen LogP) is 2.93. The topological polar surface area (TPSA) is 36.3 Å². The van der Waals surface area contributed by atoms with Crippen molar-refractivity contribution in [3.63, 3.8) is 0 Å². The van der Waals surface area contributed by atoms with Gasteiger partial charge in [0, 0.05) is 11.7 Å². The van der Waals surface area contributed by atoms with Crippen molar-refractivity contribution in [3.05, 3.63) is 41.7 Å². The summed E-state index contributed by atoms with van der Waals surface area (Å²) in [4.78, 5) is 4.37. The minimum Gasteiger partial charge on any atom is -0.399 e. The molecule has 2 heterocycles. The number of imidazole rings is 1. The first-order valence-corrected chi connectivity index (χ1v) is 7.79. The fourth-order valence-corrected chi connectivity index (χ4v) is 2.79. The third-order valence-electron chi connectivity index (χ3n) is 4.77. The summed E-state index contributed by atoms with van der Waals surface area (Å²) in [5.74, 6) is 0.406. The van der Waals surface area contributed by atoms with Crippen molar-refractivity contribution in [2.24, 2.45) is 0 Å². The summed E-state index contributed by atoms with van der Waals surface area (Å²) in [7, 11) is -0.618. The lowest BCUT2D eigenvalue weighted by molar-refractivity contribution is 0.00578. The quantitative estimate of drug-likeness (QED) is 0.799. The molecular formula is C17H22BFN2O2. The van der Waals surface area contributed by atoms with Gasteiger partial charge in [-0.05, 0) is 47.6 Å². The van der Waals surface area contributed by atoms with Crippen LogP contribution in [0.15, 0.2) is 24.4 Å². The maximum atomic E-state index is 14.6. The van der Waals surface area contributed by atoms with Crippen LogP contribution >= 0.6 is 0 Å². The van der Waals surface area contributed by atoms with Crippen LogP contribution in [-0.2, 0) is 9.31 Å². The zero-order valence-corrected chi connectivity index (χ0v) is 14.5. The molecule has 3 rings (SSSR count). The highest BCUT2D eigenvalue weighted by Crippen LogP contribution is 2.37. The summed E-state index contributed by atoms with van der Waals surface area (Å²) in [6, 6.07) is 4.96. The molecule has 1 aromatic heterocycles. The Kier molecular flexibility index (Phi) is 3.65. The van der Waals surface area contributed by atoms with Gasteiger partial charge in [0.2, 0.25) is 0 Å². The van der Waals surface area contributed by atoms with Crippen molar-refractivity contribution in [3.8, 4) is 5.69 Å². The van der Waals surface area contributed by atoms with Gasteiger partial charge in [-0.15, -0.1) is 0 Å². The SMILES string of the molecule is Cc1cn(-c2c(F)cccc2B2OC(C)(C)C(C)(C)O2)c(C)n1. The number of rotatable bonds is 2. The summed E-state index contributed by atoms with van der Waals surface area (Å²) in [5.41, 5.74) is 1.00. The van der Waals surface area contributed by atoms with E-state index in [9.17, 15) is 4.39 Å². The standard InChI is InChI=1S/C17H22BFN2O2/c1-11-10-21(12(2)20-11)15-13(8-7-9-14(15)19)18-22-16(3,4)17(5,6)23-18/h7-10H,1-6H3. The van der Waals surface area contributed by atoms with Gasteiger partial charge in [0.1, 0.15) is 11.6 Å². The Balaban J connectivity index is 2.12. The number of para-hydroxylation sites is 1. The molecule has 1 aromatic carbocycles. The van der Waals surface area contributed by atoms with Gasteiger partial charge in [-0.25, -0.2) is 9.37 Å². The molecule has 1 aliphatic heterocycles. The first-order chi connectivity index (χ1) is 10.6. The summed E-state index contributed by atoms with van der Waals surface area (Å²) < 4.78 is 28.5. The number of aryl methyl sites for hydroxylation is 2. The Labute approximate surface area is 136 Å². The van der Waals surface area contributed by atoms with Gasteiger partial charge in [0.15, 0.2) is 0 Å². The highest BCUT2D eigenvalue weighted by atomic mass is 19.1. The Bertz CT molecular complexity index is 739. The van der Waals surface area contributed by atoms with E-state index in [-0.39, 0.29) is 5.82 Å². The van der Waals surface area contributed by atoms with Crippen LogP contribution in [-0.4, -0.2) is 27.9 Å². The second-order valence-electron chi connectivity index (χ2n) is 7.07. The lowest BCUT2D eigenvalue weighted by atomic mass is 9.77. The number of halogens is 1. The molecule has 0 N–H and O–H groups in total. The van der Waals surface area contributed by atoms with Crippen LogP contribution in [0.3, 0.4) is 0 Å². The summed E-state index contributed by atoms with van der Waals surface area (Å²) >= 11 is 0. The molecule has 0 atom stereocenters. The molecule has 0 spiro atoms. The van der Waals surface area contributed by atoms with E-state index in [4.69, 9.17) is 9.31 Å². The van der Waals surface area contributed by atoms with Crippen LogP contribution < -0.4 is 5.46 Å². The van der Waals surface area contributed by atoms with Gasteiger partial charge < -0.3 is 13.9 Å². The number of hydrogen-bond acceptors (Lipinski definition) is 3. The summed E-state index contributed by atoms with van der Waals surface area (Å²) in [6.07, 6.45) is 1.82. The van der Waals surface area contributed by atoms with Crippen LogP contribution in [0, 0.1) is 19.7 Å². The number of aromatic nitrogens is 2. The molecule has 2 aromatic rings. The number of hydrogen-bond donors (Lipinski definition) is 0. The molecule has 1 saturated heterocycles. The minimum absolute atomic E-state index is 0.322. The van der Waals surface area contributed by atoms with E-state index in [0.29, 0.717) is 11.2 Å². The van der Waals surface area contributed by atoms with Gasteiger partial charge in [-0.2, -0.15) is 0 Å². The van der Waals surface area contributed by atoms with Crippen molar-refractivity contribution >= 4 is 12.6 Å². The van der Waals surface area contributed by atoms with E-state index >= 15 is 0 Å². The molecule has 6 heteroatoms. The average molecular weight is 316 g/mol. The Morgan fingerprint density at radius 1 is 1.09 bits per heavy atom. The first kappa shape index (κ1) is 16.2. The highest BCUT2D eigenvalue weighted by molar-refractivity contribution is 6.63. The fourth-order valence-electron chi connectivity index (χ4n) is 2.79. The lowest BCUT2D eigenvalue weighted by Crippen LogP contribution is -2.41. The van der Waals surface area contributed by atoms with E-state index in [1.807, 2.05) is 53.8 Å². The largest absolute Gasteiger partial charge is 0.497 e. The smallest absolute Gasteiger partial charge is 0.399 e. The summed E-state index contributed by atoms with van der Waals surface area (Å²) in [6.45, 7) is 11.7. The van der Waals surface area contributed by atoms with Gasteiger partial charge in [0.25, 0.3) is 0 Å². The predicted molar refractivity (Wildman–Crippen MR) is 88.7 cm³/mol. The monoisotopic (exact) mass is 316 g/mol. The van der Waals surface area contributed by atoms with Crippen molar-refractivity contribution in [2.75, 3.05) is 0 Å². The molecule has 0 unspecified atom stereocenters. The normalized spacial score (nSPS) is 19.3. The van der Waals surface area contributed by atoms with E-state index in [1.54, 1.807) is 10.6 Å². The molecule has 0 saturated carbocycles. The molecule has 0 radical (unpaired) electrons. The second kappa shape index (κ2) is 5.18. The fraction of sp³-hybridized carbons (Fsp3) is 0.471. The zero-order chi connectivity index (χ0) is 17.0. The van der Waals surface area contributed by atoms with Crippen LogP contribution in [0.25, 0.3) is 5.69 Å². The number of benzene rings is 1. The Hall–Kier alpha value is -1.66. The third kappa shape index (κ3) is 2.60. The maximum absolute atomic E-state index is 14.6. The van der Waals surface area contributed by atoms with Crippen LogP contribution in [0.5, 0.6) is 0 Å². The van der Waals surface area contributed by atoms with Crippen LogP contribution in [0.1, 0.15) is 39.2 Å². The highest BCUT2D eigenvalue weighted by Gasteiger charge is 2.52. The lowest BCUT2D eigenvalue weighted by Gasteiger charge is -2.32. The van der Waals surface area contributed by atoms with Crippen molar-refractivity contribution < 1.29 is 13.7 Å². The molecule has 23 heavy (non-hydrogen) atoms. The second-order valence-corrected chi connectivity index (χ2v) is 7.07. The zero-order valence-electron chi connectivity index (χ0n) is 14.5. The summed E-state index contributed by atoms with van der Waals surface area (Å²) in [5, 5.41) is 0. The first-order valence-electron chi connectivity index (χ1n) is 7.79. The van der Waals surface area contributed by atoms with E-state index in [0.717, 1.165) is 11.5 Å². The Morgan fingerprint density at radius 2 is 1.70 bits per heavy atom. The molecule has 1 fully saturated rings. The molecule has 0 bridgehead atoms. The Morgan fingerprint density at radius 3 is 2.22 bits per heavy atom. The van der Waals surface area contributed by atoms with Crippen molar-refractivity contribution in [1.29, 1.82) is 0 Å². The minimum atomic E-state index is -0.618. The van der Waals surface area contributed by atoms with Crippen LogP contribution in [0.4, 0.5) is 4.39 Å². The molecule has 4 nitrogen and oxygen atoms in total. The van der Waals surface area contributed by atoms with Gasteiger partial charge in [-0.3, -0.25) is 0 Å². The average Bonchev–Trinajstić information content (AvgIpc) is 2.85. The van der Waals surface area contributed by atoms with Gasteiger partial charge in [0.05, 0.1) is 22.6 Å².